The van der Waals surface area contributed by atoms with Crippen LogP contribution in [0.5, 0.6) is 5.75 Å². The second-order valence-electron chi connectivity index (χ2n) is 12.3. The number of hydrogen-bond donors (Lipinski definition) is 1. The summed E-state index contributed by atoms with van der Waals surface area (Å²) in [7, 11) is 0. The number of carboxylic acid groups (broad SMARTS) is 1. The number of nitrogens with zero attached hydrogens (tertiary/aromatic N) is 1. The molecule has 1 aliphatic heterocycles. The maximum Gasteiger partial charge on any atom is 0.410 e. The van der Waals surface area contributed by atoms with Crippen molar-refractivity contribution in [3.8, 4) is 16.9 Å². The monoisotopic (exact) mass is 603 g/mol. The number of aromatic carboxylic acids is 1. The Morgan fingerprint density at radius 3 is 2.25 bits per heavy atom. The molecule has 1 amide bonds. The molecular weight excluding hydrogens is 558 g/mol. The van der Waals surface area contributed by atoms with Crippen LogP contribution in [0.2, 0.25) is 0 Å². The molecule has 0 bridgehead atoms. The number of amides is 1. The van der Waals surface area contributed by atoms with Crippen LogP contribution >= 0.6 is 0 Å². The average molecular weight is 604 g/mol. The van der Waals surface area contributed by atoms with Gasteiger partial charge in [-0.25, -0.2) is 9.59 Å². The Morgan fingerprint density at radius 1 is 0.977 bits per heavy atom. The lowest BCUT2D eigenvalue weighted by atomic mass is 9.93. The van der Waals surface area contributed by atoms with Gasteiger partial charge in [-0.05, 0) is 83.1 Å². The fraction of sp³-hybridized carbons (Fsp3) is 0.444. The molecule has 8 nitrogen and oxygen atoms in total. The van der Waals surface area contributed by atoms with E-state index in [9.17, 15) is 14.7 Å². The van der Waals surface area contributed by atoms with Gasteiger partial charge in [-0.3, -0.25) is 0 Å². The van der Waals surface area contributed by atoms with Crippen molar-refractivity contribution in [2.24, 2.45) is 0 Å². The SMILES string of the molecule is CC(C)Oc1c(C(=O)O)ccc(-c2ccccc2)c1CCN(C[C@H](OC1CCCCO1)c1ccccc1)C(=O)OC(C)(C)C. The van der Waals surface area contributed by atoms with E-state index in [0.717, 1.165) is 36.0 Å². The van der Waals surface area contributed by atoms with Gasteiger partial charge in [0.1, 0.15) is 23.0 Å². The van der Waals surface area contributed by atoms with Crippen molar-refractivity contribution in [1.29, 1.82) is 0 Å². The minimum atomic E-state index is -1.07. The number of benzene rings is 3. The van der Waals surface area contributed by atoms with Gasteiger partial charge < -0.3 is 29.0 Å². The quantitative estimate of drug-likeness (QED) is 0.225. The molecule has 236 valence electrons. The van der Waals surface area contributed by atoms with Crippen LogP contribution in [0.1, 0.15) is 81.5 Å². The minimum absolute atomic E-state index is 0.0807. The molecule has 1 saturated heterocycles. The summed E-state index contributed by atoms with van der Waals surface area (Å²) < 4.78 is 24.4. The highest BCUT2D eigenvalue weighted by atomic mass is 16.7. The van der Waals surface area contributed by atoms with Crippen molar-refractivity contribution in [1.82, 2.24) is 4.90 Å². The van der Waals surface area contributed by atoms with Gasteiger partial charge in [-0.1, -0.05) is 66.7 Å². The van der Waals surface area contributed by atoms with Crippen molar-refractivity contribution in [3.63, 3.8) is 0 Å². The van der Waals surface area contributed by atoms with Gasteiger partial charge >= 0.3 is 12.1 Å². The van der Waals surface area contributed by atoms with Crippen LogP contribution in [0.15, 0.2) is 72.8 Å². The maximum absolute atomic E-state index is 13.7. The van der Waals surface area contributed by atoms with E-state index in [0.29, 0.717) is 24.3 Å². The van der Waals surface area contributed by atoms with E-state index >= 15 is 0 Å². The summed E-state index contributed by atoms with van der Waals surface area (Å²) in [6, 6.07) is 23.0. The number of hydrogen-bond acceptors (Lipinski definition) is 6. The van der Waals surface area contributed by atoms with E-state index in [1.165, 1.54) is 0 Å². The molecule has 0 aromatic heterocycles. The Kier molecular flexibility index (Phi) is 11.4. The second-order valence-corrected chi connectivity index (χ2v) is 12.3. The molecule has 0 spiro atoms. The molecule has 8 heteroatoms. The molecule has 1 N–H and O–H groups in total. The third kappa shape index (κ3) is 9.31. The fourth-order valence-corrected chi connectivity index (χ4v) is 5.23. The van der Waals surface area contributed by atoms with Crippen LogP contribution in [-0.4, -0.2) is 59.8 Å². The van der Waals surface area contributed by atoms with Crippen LogP contribution in [0.4, 0.5) is 4.79 Å². The van der Waals surface area contributed by atoms with E-state index < -0.39 is 23.8 Å². The molecule has 2 atom stereocenters. The van der Waals surface area contributed by atoms with Crippen LogP contribution in [0.3, 0.4) is 0 Å². The molecule has 3 aromatic rings. The molecule has 0 aliphatic carbocycles. The highest BCUT2D eigenvalue weighted by Crippen LogP contribution is 2.36. The first-order valence-corrected chi connectivity index (χ1v) is 15.4. The molecule has 4 rings (SSSR count). The Labute approximate surface area is 260 Å². The van der Waals surface area contributed by atoms with E-state index in [2.05, 4.69) is 0 Å². The Balaban J connectivity index is 1.72. The summed E-state index contributed by atoms with van der Waals surface area (Å²) in [5.74, 6) is -0.764. The predicted molar refractivity (Wildman–Crippen MR) is 170 cm³/mol. The molecule has 1 aliphatic rings. The van der Waals surface area contributed by atoms with Crippen LogP contribution in [-0.2, 0) is 20.6 Å². The summed E-state index contributed by atoms with van der Waals surface area (Å²) in [6.07, 6.45) is 1.57. The van der Waals surface area contributed by atoms with Gasteiger partial charge in [0, 0.05) is 18.7 Å². The maximum atomic E-state index is 13.7. The smallest absolute Gasteiger partial charge is 0.410 e. The first kappa shape index (κ1) is 33.0. The Morgan fingerprint density at radius 2 is 1.66 bits per heavy atom. The number of carbonyl (C=O) groups excluding carboxylic acids is 1. The standard InChI is InChI=1S/C36H45NO7/c1-25(2)42-33-29(28(19-20-30(33)34(38)39)26-14-8-6-9-15-26)21-22-37(35(40)44-36(3,4)5)24-31(27-16-10-7-11-17-27)43-32-18-12-13-23-41-32/h6-11,14-17,19-20,25,31-32H,12-13,18,21-24H2,1-5H3,(H,38,39)/t31-,32?/m0/s1. The lowest BCUT2D eigenvalue weighted by Gasteiger charge is -2.33. The van der Waals surface area contributed by atoms with Gasteiger partial charge in [-0.2, -0.15) is 0 Å². The van der Waals surface area contributed by atoms with Crippen molar-refractivity contribution in [2.75, 3.05) is 19.7 Å². The van der Waals surface area contributed by atoms with Gasteiger partial charge in [-0.15, -0.1) is 0 Å². The molecule has 0 saturated carbocycles. The molecule has 44 heavy (non-hydrogen) atoms. The normalized spacial score (nSPS) is 15.9. The number of ether oxygens (including phenoxy) is 4. The molecule has 1 unspecified atom stereocenters. The van der Waals surface area contributed by atoms with Crippen molar-refractivity contribution < 1.29 is 33.6 Å². The van der Waals surface area contributed by atoms with E-state index in [1.54, 1.807) is 11.0 Å². The Bertz CT molecular complexity index is 1360. The van der Waals surface area contributed by atoms with Crippen LogP contribution in [0.25, 0.3) is 11.1 Å². The summed E-state index contributed by atoms with van der Waals surface area (Å²) in [6.45, 7) is 10.3. The molecule has 1 heterocycles. The van der Waals surface area contributed by atoms with E-state index in [4.69, 9.17) is 18.9 Å². The highest BCUT2D eigenvalue weighted by Gasteiger charge is 2.30. The third-order valence-corrected chi connectivity index (χ3v) is 7.22. The summed E-state index contributed by atoms with van der Waals surface area (Å²) >= 11 is 0. The van der Waals surface area contributed by atoms with Crippen LogP contribution < -0.4 is 4.74 Å². The molecule has 3 aromatic carbocycles. The zero-order chi connectivity index (χ0) is 31.7. The van der Waals surface area contributed by atoms with Crippen molar-refractivity contribution in [3.05, 3.63) is 89.5 Å². The van der Waals surface area contributed by atoms with Gasteiger partial charge in [0.15, 0.2) is 6.29 Å². The zero-order valence-corrected chi connectivity index (χ0v) is 26.5. The lowest BCUT2D eigenvalue weighted by Crippen LogP contribution is -2.41. The lowest BCUT2D eigenvalue weighted by molar-refractivity contribution is -0.192. The number of rotatable bonds is 12. The summed E-state index contributed by atoms with van der Waals surface area (Å²) in [4.78, 5) is 27.7. The van der Waals surface area contributed by atoms with E-state index in [1.807, 2.05) is 101 Å². The van der Waals surface area contributed by atoms with Gasteiger partial charge in [0.2, 0.25) is 0 Å². The predicted octanol–water partition coefficient (Wildman–Crippen LogP) is 7.90. The summed E-state index contributed by atoms with van der Waals surface area (Å²) in [5.41, 5.74) is 2.79. The number of carbonyl (C=O) groups is 2. The van der Waals surface area contributed by atoms with Crippen LogP contribution in [0, 0.1) is 0 Å². The van der Waals surface area contributed by atoms with Crippen molar-refractivity contribution in [2.45, 2.75) is 84.4 Å². The van der Waals surface area contributed by atoms with E-state index in [-0.39, 0.29) is 31.0 Å². The highest BCUT2D eigenvalue weighted by molar-refractivity contribution is 5.93. The van der Waals surface area contributed by atoms with Gasteiger partial charge in [0.25, 0.3) is 0 Å². The summed E-state index contributed by atoms with van der Waals surface area (Å²) in [5, 5.41) is 10.1. The zero-order valence-electron chi connectivity index (χ0n) is 26.5. The molecule has 0 radical (unpaired) electrons. The second kappa shape index (κ2) is 15.2. The number of carboxylic acids is 1. The topological polar surface area (TPSA) is 94.5 Å². The average Bonchev–Trinajstić information content (AvgIpc) is 2.99. The minimum Gasteiger partial charge on any atom is -0.490 e. The first-order chi connectivity index (χ1) is 21.0. The Hall–Kier alpha value is -3.88. The molecular formula is C36H45NO7. The largest absolute Gasteiger partial charge is 0.490 e. The molecule has 1 fully saturated rings. The van der Waals surface area contributed by atoms with Gasteiger partial charge in [0.05, 0.1) is 12.6 Å². The third-order valence-electron chi connectivity index (χ3n) is 7.22. The van der Waals surface area contributed by atoms with Crippen molar-refractivity contribution >= 4 is 12.1 Å². The fourth-order valence-electron chi connectivity index (χ4n) is 5.23. The first-order valence-electron chi connectivity index (χ1n) is 15.4.